The number of aromatic nitrogens is 3. The van der Waals surface area contributed by atoms with Crippen molar-refractivity contribution in [2.24, 2.45) is 0 Å². The molecule has 7 nitrogen and oxygen atoms in total. The maximum absolute atomic E-state index is 15.0. The fraction of sp³-hybridized carbons (Fsp3) is 0.250. The maximum Gasteiger partial charge on any atom is 0.274 e. The molecule has 1 aliphatic carbocycles. The van der Waals surface area contributed by atoms with E-state index in [4.69, 9.17) is 4.42 Å². The summed E-state index contributed by atoms with van der Waals surface area (Å²) in [4.78, 5) is 28.3. The van der Waals surface area contributed by atoms with Gasteiger partial charge in [0.1, 0.15) is 5.65 Å². The van der Waals surface area contributed by atoms with Crippen molar-refractivity contribution in [2.45, 2.75) is 38.1 Å². The van der Waals surface area contributed by atoms with Crippen molar-refractivity contribution >= 4 is 33.1 Å². The van der Waals surface area contributed by atoms with E-state index < -0.39 is 34.2 Å². The van der Waals surface area contributed by atoms with Gasteiger partial charge in [-0.05, 0) is 37.1 Å². The number of aromatic amines is 2. The van der Waals surface area contributed by atoms with Gasteiger partial charge in [-0.2, -0.15) is 0 Å². The third kappa shape index (κ3) is 2.77. The zero-order valence-corrected chi connectivity index (χ0v) is 17.7. The summed E-state index contributed by atoms with van der Waals surface area (Å²) in [6.45, 7) is 0. The topological polar surface area (TPSA) is 104 Å². The lowest BCUT2D eigenvalue weighted by molar-refractivity contribution is 0.335. The molecule has 10 heteroatoms. The van der Waals surface area contributed by atoms with Gasteiger partial charge in [-0.3, -0.25) is 19.4 Å². The average Bonchev–Trinajstić information content (AvgIpc) is 3.38. The molecule has 0 amide bonds. The summed E-state index contributed by atoms with van der Waals surface area (Å²) in [6.07, 6.45) is 4.70. The van der Waals surface area contributed by atoms with Crippen LogP contribution >= 0.6 is 0 Å². The van der Waals surface area contributed by atoms with E-state index in [1.54, 1.807) is 4.68 Å². The number of benzene rings is 2. The molecule has 3 N–H and O–H groups in total. The molecule has 0 radical (unpaired) electrons. The first-order chi connectivity index (χ1) is 16.4. The number of furan rings is 1. The van der Waals surface area contributed by atoms with Crippen LogP contribution in [0.15, 0.2) is 38.3 Å². The van der Waals surface area contributed by atoms with Crippen LogP contribution in [0.5, 0.6) is 5.75 Å². The lowest BCUT2D eigenvalue weighted by atomic mass is 9.95. The van der Waals surface area contributed by atoms with Gasteiger partial charge in [0, 0.05) is 16.5 Å². The predicted octanol–water partition coefficient (Wildman–Crippen LogP) is 5.21. The minimum atomic E-state index is -1.68. The number of H-pyrrole nitrogens is 2. The van der Waals surface area contributed by atoms with Crippen LogP contribution in [0.1, 0.15) is 38.1 Å². The van der Waals surface area contributed by atoms with Crippen molar-refractivity contribution in [3.05, 3.63) is 62.3 Å². The summed E-state index contributed by atoms with van der Waals surface area (Å²) in [5.74, 6) is -5.18. The molecule has 0 bridgehead atoms. The monoisotopic (exact) mass is 469 g/mol. The summed E-state index contributed by atoms with van der Waals surface area (Å²) >= 11 is 0. The second-order valence-electron chi connectivity index (χ2n) is 8.64. The summed E-state index contributed by atoms with van der Waals surface area (Å²) in [7, 11) is 0. The quantitative estimate of drug-likeness (QED) is 0.309. The molecule has 0 aliphatic heterocycles. The highest BCUT2D eigenvalue weighted by Crippen LogP contribution is 2.42. The van der Waals surface area contributed by atoms with Gasteiger partial charge in [-0.25, -0.2) is 13.2 Å². The summed E-state index contributed by atoms with van der Waals surface area (Å²) in [5, 5.41) is 13.4. The van der Waals surface area contributed by atoms with Crippen molar-refractivity contribution < 1.29 is 22.7 Å². The number of aromatic hydroxyl groups is 1. The molecule has 0 unspecified atom stereocenters. The molecule has 3 aromatic heterocycles. The zero-order chi connectivity index (χ0) is 23.7. The van der Waals surface area contributed by atoms with Crippen molar-refractivity contribution in [3.8, 4) is 16.9 Å². The van der Waals surface area contributed by atoms with Crippen LogP contribution in [-0.2, 0) is 0 Å². The van der Waals surface area contributed by atoms with Crippen molar-refractivity contribution in [2.75, 3.05) is 0 Å². The Kier molecular flexibility index (Phi) is 4.42. The molecule has 6 rings (SSSR count). The lowest BCUT2D eigenvalue weighted by Gasteiger charge is -2.23. The SMILES string of the molecule is O=c1ccc2c(oc3c(-c4ccc(F)c(F)c4F)c4c(=O)[nH]n(C5CCCCC5)c4[nH]c32)c1O. The Morgan fingerprint density at radius 1 is 0.971 bits per heavy atom. The predicted molar refractivity (Wildman–Crippen MR) is 120 cm³/mol. The molecule has 0 saturated heterocycles. The molecule has 0 atom stereocenters. The minimum absolute atomic E-state index is 0.00359. The Morgan fingerprint density at radius 3 is 2.50 bits per heavy atom. The van der Waals surface area contributed by atoms with E-state index in [2.05, 4.69) is 10.1 Å². The van der Waals surface area contributed by atoms with Gasteiger partial charge in [0.25, 0.3) is 5.56 Å². The van der Waals surface area contributed by atoms with Crippen LogP contribution in [0.3, 0.4) is 0 Å². The number of phenolic OH excluding ortho intramolecular Hbond substituents is 1. The number of nitrogens with zero attached hydrogens (tertiary/aromatic N) is 1. The summed E-state index contributed by atoms with van der Waals surface area (Å²) < 4.78 is 50.4. The number of fused-ring (bicyclic) bond motifs is 4. The van der Waals surface area contributed by atoms with Gasteiger partial charge < -0.3 is 14.5 Å². The number of halogens is 3. The summed E-state index contributed by atoms with van der Waals surface area (Å²) in [6, 6.07) is 4.38. The van der Waals surface area contributed by atoms with Gasteiger partial charge in [0.15, 0.2) is 28.6 Å². The van der Waals surface area contributed by atoms with Gasteiger partial charge in [0.2, 0.25) is 11.2 Å². The number of rotatable bonds is 2. The van der Waals surface area contributed by atoms with Crippen LogP contribution in [0, 0.1) is 17.5 Å². The largest absolute Gasteiger partial charge is 0.502 e. The van der Waals surface area contributed by atoms with Crippen molar-refractivity contribution in [1.29, 1.82) is 0 Å². The van der Waals surface area contributed by atoms with Crippen molar-refractivity contribution in [1.82, 2.24) is 14.8 Å². The van der Waals surface area contributed by atoms with Gasteiger partial charge in [-0.15, -0.1) is 0 Å². The first-order valence-corrected chi connectivity index (χ1v) is 11.0. The van der Waals surface area contributed by atoms with Gasteiger partial charge in [-0.1, -0.05) is 19.3 Å². The first kappa shape index (κ1) is 20.6. The third-order valence-electron chi connectivity index (χ3n) is 6.69. The molecule has 1 saturated carbocycles. The van der Waals surface area contributed by atoms with E-state index in [-0.39, 0.29) is 39.2 Å². The molecule has 0 spiro atoms. The molecular formula is C24H18F3N3O4. The smallest absolute Gasteiger partial charge is 0.274 e. The maximum atomic E-state index is 15.0. The zero-order valence-electron chi connectivity index (χ0n) is 17.7. The van der Waals surface area contributed by atoms with Crippen LogP contribution in [0.25, 0.3) is 44.2 Å². The van der Waals surface area contributed by atoms with E-state index in [1.165, 1.54) is 6.07 Å². The molecule has 1 fully saturated rings. The molecule has 1 aliphatic rings. The number of pyridine rings is 1. The third-order valence-corrected chi connectivity index (χ3v) is 6.69. The Morgan fingerprint density at radius 2 is 1.74 bits per heavy atom. The molecule has 174 valence electrons. The highest BCUT2D eigenvalue weighted by atomic mass is 19.2. The van der Waals surface area contributed by atoms with Crippen LogP contribution < -0.4 is 11.0 Å². The lowest BCUT2D eigenvalue weighted by Crippen LogP contribution is -2.16. The van der Waals surface area contributed by atoms with Crippen molar-refractivity contribution in [3.63, 3.8) is 0 Å². The van der Waals surface area contributed by atoms with Crippen LogP contribution in [-0.4, -0.2) is 19.9 Å². The second-order valence-corrected chi connectivity index (χ2v) is 8.64. The Balaban J connectivity index is 1.82. The molecular weight excluding hydrogens is 451 g/mol. The molecule has 34 heavy (non-hydrogen) atoms. The molecule has 5 aromatic rings. The highest BCUT2D eigenvalue weighted by molar-refractivity contribution is 6.15. The van der Waals surface area contributed by atoms with Crippen LogP contribution in [0.2, 0.25) is 0 Å². The average molecular weight is 469 g/mol. The Hall–Kier alpha value is -3.95. The number of phenols is 1. The van der Waals surface area contributed by atoms with Crippen LogP contribution in [0.4, 0.5) is 13.2 Å². The standard InChI is InChI=1S/C24H18F3N3O4/c25-13-8-6-11(17(26)18(13)27)15-16-23(30(29-24(16)33)10-4-2-1-3-5-10)28-19-12-7-9-14(31)20(32)21(12)34-22(15)19/h6-10,28,32H,1-5H2,(H,29,33). The van der Waals surface area contributed by atoms with E-state index in [1.807, 2.05) is 0 Å². The fourth-order valence-electron chi connectivity index (χ4n) is 5.05. The normalized spacial score (nSPS) is 15.1. The Bertz CT molecular complexity index is 1740. The number of hydrogen-bond donors (Lipinski definition) is 3. The van der Waals surface area contributed by atoms with E-state index in [9.17, 15) is 23.5 Å². The fourth-order valence-corrected chi connectivity index (χ4v) is 5.05. The summed E-state index contributed by atoms with van der Waals surface area (Å²) in [5.41, 5.74) is -1.34. The Labute approximate surface area is 188 Å². The minimum Gasteiger partial charge on any atom is -0.502 e. The molecule has 2 aromatic carbocycles. The van der Waals surface area contributed by atoms with Gasteiger partial charge >= 0.3 is 0 Å². The van der Waals surface area contributed by atoms with E-state index in [0.717, 1.165) is 50.3 Å². The number of nitrogens with one attached hydrogen (secondary N) is 2. The van der Waals surface area contributed by atoms with Gasteiger partial charge in [0.05, 0.1) is 16.9 Å². The van der Waals surface area contributed by atoms with E-state index in [0.29, 0.717) is 11.0 Å². The second kappa shape index (κ2) is 7.28. The first-order valence-electron chi connectivity index (χ1n) is 11.0. The highest BCUT2D eigenvalue weighted by Gasteiger charge is 2.28. The van der Waals surface area contributed by atoms with E-state index >= 15 is 4.39 Å². The number of hydrogen-bond acceptors (Lipinski definition) is 4. The molecule has 3 heterocycles.